The Hall–Kier alpha value is -3.14. The topological polar surface area (TPSA) is 44.0 Å². The van der Waals surface area contributed by atoms with E-state index in [0.717, 1.165) is 50.5 Å². The highest BCUT2D eigenvalue weighted by Crippen LogP contribution is 2.30. The lowest BCUT2D eigenvalue weighted by molar-refractivity contribution is 0.580. The first-order valence-corrected chi connectivity index (χ1v) is 9.32. The van der Waals surface area contributed by atoms with Crippen molar-refractivity contribution in [1.29, 1.82) is 0 Å². The van der Waals surface area contributed by atoms with E-state index < -0.39 is 0 Å². The smallest absolute Gasteiger partial charge is 0.258 e. The highest BCUT2D eigenvalue weighted by Gasteiger charge is 2.19. The van der Waals surface area contributed by atoms with Crippen molar-refractivity contribution in [2.45, 2.75) is 33.4 Å². The number of hydrogen-bond acceptors (Lipinski definition) is 2. The molecule has 4 heteroatoms. The van der Waals surface area contributed by atoms with Crippen LogP contribution in [0, 0.1) is 13.8 Å². The third kappa shape index (κ3) is 2.29. The minimum absolute atomic E-state index is 0.00509. The summed E-state index contributed by atoms with van der Waals surface area (Å²) in [6, 6.07) is 15.8. The fraction of sp³-hybridized carbons (Fsp3) is 0.217. The summed E-state index contributed by atoms with van der Waals surface area (Å²) in [7, 11) is 0. The summed E-state index contributed by atoms with van der Waals surface area (Å²) in [6.45, 7) is 5.34. The minimum atomic E-state index is -0.00509. The van der Waals surface area contributed by atoms with Crippen LogP contribution in [0.3, 0.4) is 0 Å². The summed E-state index contributed by atoms with van der Waals surface area (Å²) in [6.07, 6.45) is 0.763. The molecule has 0 aliphatic carbocycles. The lowest BCUT2D eigenvalue weighted by Crippen LogP contribution is -2.22. The molecule has 0 saturated carbocycles. The van der Waals surface area contributed by atoms with Gasteiger partial charge in [0.15, 0.2) is 0 Å². The molecule has 0 bridgehead atoms. The first-order chi connectivity index (χ1) is 13.0. The zero-order valence-corrected chi connectivity index (χ0v) is 15.5. The Bertz CT molecular complexity index is 1360. The second-order valence-electron chi connectivity index (χ2n) is 7.45. The predicted octanol–water partition coefficient (Wildman–Crippen LogP) is 4.00. The Labute approximate surface area is 156 Å². The monoisotopic (exact) mass is 356 g/mol. The number of rotatable bonds is 1. The van der Waals surface area contributed by atoms with Crippen LogP contribution in [0.25, 0.3) is 32.9 Å². The highest BCUT2D eigenvalue weighted by molar-refractivity contribution is 6.04. The van der Waals surface area contributed by atoms with Crippen molar-refractivity contribution in [1.82, 2.24) is 9.13 Å². The van der Waals surface area contributed by atoms with Gasteiger partial charge in [0, 0.05) is 35.5 Å². The SMILES string of the molecule is Cc1ccc(C)c(-c2cc3ccc4ccc(=O)n5c4c3n(c2=O)CCC5)c1. The molecule has 0 fully saturated rings. The van der Waals surface area contributed by atoms with E-state index >= 15 is 0 Å². The second-order valence-corrected chi connectivity index (χ2v) is 7.45. The maximum atomic E-state index is 13.5. The molecule has 134 valence electrons. The highest BCUT2D eigenvalue weighted by atomic mass is 16.1. The minimum Gasteiger partial charge on any atom is -0.306 e. The van der Waals surface area contributed by atoms with Gasteiger partial charge in [0.1, 0.15) is 0 Å². The molecular formula is C23H20N2O2. The van der Waals surface area contributed by atoms with E-state index in [1.807, 2.05) is 41.2 Å². The largest absolute Gasteiger partial charge is 0.306 e. The molecule has 4 nitrogen and oxygen atoms in total. The van der Waals surface area contributed by atoms with Gasteiger partial charge < -0.3 is 9.13 Å². The van der Waals surface area contributed by atoms with Gasteiger partial charge in [0.05, 0.1) is 11.0 Å². The zero-order valence-electron chi connectivity index (χ0n) is 15.5. The Morgan fingerprint density at radius 3 is 2.30 bits per heavy atom. The average Bonchev–Trinajstić information content (AvgIpc) is 2.87. The van der Waals surface area contributed by atoms with Crippen LogP contribution in [0.15, 0.2) is 58.1 Å². The molecule has 0 atom stereocenters. The molecule has 2 aromatic carbocycles. The molecule has 27 heavy (non-hydrogen) atoms. The van der Waals surface area contributed by atoms with Crippen LogP contribution < -0.4 is 11.1 Å². The van der Waals surface area contributed by atoms with Crippen LogP contribution in [0.2, 0.25) is 0 Å². The first-order valence-electron chi connectivity index (χ1n) is 9.32. The normalized spacial score (nSPS) is 13.4. The first kappa shape index (κ1) is 16.1. The van der Waals surface area contributed by atoms with Crippen LogP contribution >= 0.6 is 0 Å². The number of benzene rings is 2. The lowest BCUT2D eigenvalue weighted by atomic mass is 9.97. The van der Waals surface area contributed by atoms with Crippen molar-refractivity contribution in [3.8, 4) is 11.1 Å². The molecular weight excluding hydrogens is 336 g/mol. The zero-order chi connectivity index (χ0) is 18.7. The van der Waals surface area contributed by atoms with Gasteiger partial charge in [-0.25, -0.2) is 0 Å². The van der Waals surface area contributed by atoms with Gasteiger partial charge in [-0.1, -0.05) is 35.9 Å². The second kappa shape index (κ2) is 5.68. The van der Waals surface area contributed by atoms with Gasteiger partial charge in [-0.05, 0) is 43.5 Å². The van der Waals surface area contributed by atoms with Gasteiger partial charge in [-0.15, -0.1) is 0 Å². The van der Waals surface area contributed by atoms with Gasteiger partial charge >= 0.3 is 0 Å². The average molecular weight is 356 g/mol. The Balaban J connectivity index is 1.97. The van der Waals surface area contributed by atoms with Crippen molar-refractivity contribution in [2.24, 2.45) is 0 Å². The van der Waals surface area contributed by atoms with Crippen molar-refractivity contribution in [3.05, 3.63) is 80.4 Å². The van der Waals surface area contributed by atoms with Crippen molar-refractivity contribution < 1.29 is 0 Å². The van der Waals surface area contributed by atoms with E-state index in [1.54, 1.807) is 6.07 Å². The molecule has 5 rings (SSSR count). The third-order valence-corrected chi connectivity index (χ3v) is 5.65. The maximum absolute atomic E-state index is 13.5. The van der Waals surface area contributed by atoms with E-state index in [2.05, 4.69) is 24.3 Å². The van der Waals surface area contributed by atoms with Crippen LogP contribution in [0.5, 0.6) is 0 Å². The van der Waals surface area contributed by atoms with Crippen LogP contribution in [0.4, 0.5) is 0 Å². The summed E-state index contributed by atoms with van der Waals surface area (Å²) in [5, 5.41) is 2.00. The molecule has 0 saturated heterocycles. The number of aryl methyl sites for hydroxylation is 4. The molecule has 0 N–H and O–H groups in total. The number of aromatic nitrogens is 2. The van der Waals surface area contributed by atoms with E-state index in [4.69, 9.17) is 0 Å². The standard InChI is InChI=1S/C23H20N2O2/c1-14-4-5-15(2)18(12-14)19-13-17-7-6-16-8-9-20(26)24-10-3-11-25(23(19)27)22(17)21(16)24/h4-9,12-13H,3,10-11H2,1-2H3. The molecule has 0 spiro atoms. The quantitative estimate of drug-likeness (QED) is 0.484. The number of pyridine rings is 2. The number of hydrogen-bond donors (Lipinski definition) is 0. The molecule has 2 aromatic heterocycles. The van der Waals surface area contributed by atoms with Crippen LogP contribution in [-0.2, 0) is 13.1 Å². The fourth-order valence-corrected chi connectivity index (χ4v) is 4.30. The summed E-state index contributed by atoms with van der Waals surface area (Å²) in [5.41, 5.74) is 5.72. The summed E-state index contributed by atoms with van der Waals surface area (Å²) >= 11 is 0. The predicted molar refractivity (Wildman–Crippen MR) is 110 cm³/mol. The van der Waals surface area contributed by atoms with Crippen LogP contribution in [0.1, 0.15) is 17.5 Å². The van der Waals surface area contributed by atoms with E-state index in [-0.39, 0.29) is 11.1 Å². The molecule has 1 aliphatic heterocycles. The van der Waals surface area contributed by atoms with Gasteiger partial charge in [-0.2, -0.15) is 0 Å². The van der Waals surface area contributed by atoms with Crippen LogP contribution in [-0.4, -0.2) is 9.13 Å². The van der Waals surface area contributed by atoms with Gasteiger partial charge in [0.2, 0.25) is 0 Å². The lowest BCUT2D eigenvalue weighted by Gasteiger charge is -2.15. The fourth-order valence-electron chi connectivity index (χ4n) is 4.30. The Kier molecular flexibility index (Phi) is 3.38. The summed E-state index contributed by atoms with van der Waals surface area (Å²) in [4.78, 5) is 25.9. The Morgan fingerprint density at radius 1 is 0.741 bits per heavy atom. The summed E-state index contributed by atoms with van der Waals surface area (Å²) in [5.74, 6) is 0. The molecule has 0 unspecified atom stereocenters. The van der Waals surface area contributed by atoms with Crippen molar-refractivity contribution in [2.75, 3.05) is 0 Å². The molecule has 0 radical (unpaired) electrons. The molecule has 4 aromatic rings. The third-order valence-electron chi connectivity index (χ3n) is 5.65. The van der Waals surface area contributed by atoms with Crippen molar-refractivity contribution in [3.63, 3.8) is 0 Å². The molecule has 0 amide bonds. The van der Waals surface area contributed by atoms with E-state index in [9.17, 15) is 9.59 Å². The van der Waals surface area contributed by atoms with Crippen molar-refractivity contribution >= 4 is 21.8 Å². The Morgan fingerprint density at radius 2 is 1.44 bits per heavy atom. The molecule has 1 aliphatic rings. The maximum Gasteiger partial charge on any atom is 0.258 e. The van der Waals surface area contributed by atoms with Gasteiger partial charge in [-0.3, -0.25) is 9.59 Å². The van der Waals surface area contributed by atoms with Gasteiger partial charge in [0.25, 0.3) is 11.1 Å². The summed E-state index contributed by atoms with van der Waals surface area (Å²) < 4.78 is 3.69. The number of nitrogens with zero attached hydrogens (tertiary/aromatic N) is 2. The molecule has 3 heterocycles. The van der Waals surface area contributed by atoms with E-state index in [0.29, 0.717) is 13.1 Å². The van der Waals surface area contributed by atoms with E-state index in [1.165, 1.54) is 0 Å².